The lowest BCUT2D eigenvalue weighted by atomic mass is 10.1. The molecule has 0 aliphatic carbocycles. The molecule has 1 amide bonds. The molecule has 0 bridgehead atoms. The number of benzene rings is 1. The van der Waals surface area contributed by atoms with Crippen LogP contribution in [0, 0.1) is 6.92 Å². The maximum Gasteiger partial charge on any atom is 0.236 e. The van der Waals surface area contributed by atoms with Gasteiger partial charge >= 0.3 is 0 Å². The van der Waals surface area contributed by atoms with E-state index < -0.39 is 0 Å². The summed E-state index contributed by atoms with van der Waals surface area (Å²) in [6.45, 7) is 2.02. The smallest absolute Gasteiger partial charge is 0.236 e. The number of thioether (sulfide) groups is 1. The molecule has 0 atom stereocenters. The minimum atomic E-state index is -0.148. The molecule has 0 saturated carbocycles. The molecule has 2 heterocycles. The SMILES string of the molecule is Cc1cccc(-c2nnc(NC(=O)CSc3nncn3C)s2)c1. The van der Waals surface area contributed by atoms with Crippen molar-refractivity contribution in [2.75, 3.05) is 11.1 Å². The zero-order chi connectivity index (χ0) is 16.2. The van der Waals surface area contributed by atoms with Crippen LogP contribution in [0.2, 0.25) is 0 Å². The van der Waals surface area contributed by atoms with Gasteiger partial charge in [-0.3, -0.25) is 10.1 Å². The third-order valence-electron chi connectivity index (χ3n) is 2.94. The molecule has 0 fully saturated rings. The summed E-state index contributed by atoms with van der Waals surface area (Å²) in [5.41, 5.74) is 2.15. The number of amides is 1. The number of hydrogen-bond donors (Lipinski definition) is 1. The highest BCUT2D eigenvalue weighted by Crippen LogP contribution is 2.27. The first-order chi connectivity index (χ1) is 11.1. The third kappa shape index (κ3) is 3.93. The van der Waals surface area contributed by atoms with Crippen LogP contribution >= 0.6 is 23.1 Å². The van der Waals surface area contributed by atoms with Crippen LogP contribution in [0.5, 0.6) is 0 Å². The first-order valence-electron chi connectivity index (χ1n) is 6.79. The van der Waals surface area contributed by atoms with E-state index in [1.165, 1.54) is 23.1 Å². The van der Waals surface area contributed by atoms with Gasteiger partial charge in [0.15, 0.2) is 5.16 Å². The van der Waals surface area contributed by atoms with Crippen LogP contribution in [0.15, 0.2) is 35.7 Å². The molecule has 0 saturated heterocycles. The Morgan fingerprint density at radius 1 is 1.35 bits per heavy atom. The van der Waals surface area contributed by atoms with Crippen molar-refractivity contribution in [3.8, 4) is 10.6 Å². The van der Waals surface area contributed by atoms with Gasteiger partial charge in [0, 0.05) is 12.6 Å². The van der Waals surface area contributed by atoms with Crippen molar-refractivity contribution < 1.29 is 4.79 Å². The number of hydrogen-bond acceptors (Lipinski definition) is 7. The van der Waals surface area contributed by atoms with Gasteiger partial charge in [-0.15, -0.1) is 20.4 Å². The molecule has 3 rings (SSSR count). The van der Waals surface area contributed by atoms with Crippen LogP contribution in [-0.2, 0) is 11.8 Å². The zero-order valence-electron chi connectivity index (χ0n) is 12.6. The Morgan fingerprint density at radius 3 is 2.96 bits per heavy atom. The molecule has 118 valence electrons. The molecular formula is C14H14N6OS2. The standard InChI is InChI=1S/C14H14N6OS2/c1-9-4-3-5-10(6-9)12-17-18-13(23-12)16-11(21)7-22-14-19-15-8-20(14)2/h3-6,8H,7H2,1-2H3,(H,16,18,21). The molecule has 0 unspecified atom stereocenters. The normalized spacial score (nSPS) is 10.7. The summed E-state index contributed by atoms with van der Waals surface area (Å²) in [6, 6.07) is 8.01. The fourth-order valence-corrected chi connectivity index (χ4v) is 3.30. The number of rotatable bonds is 5. The number of carbonyl (C=O) groups is 1. The van der Waals surface area contributed by atoms with Gasteiger partial charge < -0.3 is 4.57 Å². The number of nitrogens with zero attached hydrogens (tertiary/aromatic N) is 5. The lowest BCUT2D eigenvalue weighted by Crippen LogP contribution is -2.14. The average molecular weight is 346 g/mol. The van der Waals surface area contributed by atoms with Crippen molar-refractivity contribution in [3.63, 3.8) is 0 Å². The van der Waals surface area contributed by atoms with E-state index in [4.69, 9.17) is 0 Å². The van der Waals surface area contributed by atoms with Gasteiger partial charge in [0.1, 0.15) is 11.3 Å². The lowest BCUT2D eigenvalue weighted by molar-refractivity contribution is -0.113. The topological polar surface area (TPSA) is 85.6 Å². The number of carbonyl (C=O) groups excluding carboxylic acids is 1. The Kier molecular flexibility index (Phi) is 4.68. The van der Waals surface area contributed by atoms with E-state index >= 15 is 0 Å². The van der Waals surface area contributed by atoms with Crippen LogP contribution < -0.4 is 5.32 Å². The van der Waals surface area contributed by atoms with E-state index in [0.717, 1.165) is 16.1 Å². The van der Waals surface area contributed by atoms with Gasteiger partial charge in [0.05, 0.1) is 5.75 Å². The summed E-state index contributed by atoms with van der Waals surface area (Å²) in [6.07, 6.45) is 1.60. The molecule has 23 heavy (non-hydrogen) atoms. The fourth-order valence-electron chi connectivity index (χ4n) is 1.86. The quantitative estimate of drug-likeness (QED) is 0.714. The van der Waals surface area contributed by atoms with Crippen LogP contribution in [0.1, 0.15) is 5.56 Å². The molecule has 0 spiro atoms. The minimum Gasteiger partial charge on any atom is -0.312 e. The van der Waals surface area contributed by atoms with Gasteiger partial charge in [0.2, 0.25) is 11.0 Å². The zero-order valence-corrected chi connectivity index (χ0v) is 14.2. The van der Waals surface area contributed by atoms with E-state index in [9.17, 15) is 4.79 Å². The molecule has 1 aromatic carbocycles. The van der Waals surface area contributed by atoms with E-state index in [1.807, 2.05) is 38.2 Å². The maximum absolute atomic E-state index is 12.0. The van der Waals surface area contributed by atoms with Crippen molar-refractivity contribution in [2.24, 2.45) is 7.05 Å². The molecule has 1 N–H and O–H groups in total. The van der Waals surface area contributed by atoms with Crippen LogP contribution in [0.25, 0.3) is 10.6 Å². The van der Waals surface area contributed by atoms with E-state index in [2.05, 4.69) is 25.7 Å². The third-order valence-corrected chi connectivity index (χ3v) is 4.86. The largest absolute Gasteiger partial charge is 0.312 e. The molecule has 3 aromatic rings. The Morgan fingerprint density at radius 2 is 2.22 bits per heavy atom. The fraction of sp³-hybridized carbons (Fsp3) is 0.214. The van der Waals surface area contributed by atoms with Gasteiger partial charge in [-0.1, -0.05) is 46.9 Å². The Balaban J connectivity index is 1.60. The minimum absolute atomic E-state index is 0.148. The number of nitrogens with one attached hydrogen (secondary N) is 1. The first-order valence-corrected chi connectivity index (χ1v) is 8.59. The predicted molar refractivity (Wildman–Crippen MR) is 90.4 cm³/mol. The maximum atomic E-state index is 12.0. The van der Waals surface area contributed by atoms with Crippen molar-refractivity contribution in [1.82, 2.24) is 25.0 Å². The van der Waals surface area contributed by atoms with Gasteiger partial charge in [-0.25, -0.2) is 0 Å². The number of anilines is 1. The van der Waals surface area contributed by atoms with E-state index in [-0.39, 0.29) is 11.7 Å². The summed E-state index contributed by atoms with van der Waals surface area (Å²) in [5.74, 6) is 0.0938. The second kappa shape index (κ2) is 6.88. The van der Waals surface area contributed by atoms with Crippen LogP contribution in [-0.4, -0.2) is 36.6 Å². The van der Waals surface area contributed by atoms with Gasteiger partial charge in [0.25, 0.3) is 0 Å². The van der Waals surface area contributed by atoms with E-state index in [0.29, 0.717) is 10.3 Å². The van der Waals surface area contributed by atoms with Crippen molar-refractivity contribution in [3.05, 3.63) is 36.2 Å². The van der Waals surface area contributed by atoms with Crippen LogP contribution in [0.4, 0.5) is 5.13 Å². The van der Waals surface area contributed by atoms with Crippen molar-refractivity contribution >= 4 is 34.1 Å². The number of aryl methyl sites for hydroxylation is 2. The second-order valence-corrected chi connectivity index (χ2v) is 6.76. The number of aromatic nitrogens is 5. The lowest BCUT2D eigenvalue weighted by Gasteiger charge is -2.00. The molecule has 0 radical (unpaired) electrons. The summed E-state index contributed by atoms with van der Waals surface area (Å²) in [7, 11) is 1.83. The van der Waals surface area contributed by atoms with Crippen LogP contribution in [0.3, 0.4) is 0 Å². The molecule has 7 nitrogen and oxygen atoms in total. The summed E-state index contributed by atoms with van der Waals surface area (Å²) in [5, 5.41) is 20.6. The Hall–Kier alpha value is -2.26. The molecule has 0 aliphatic rings. The van der Waals surface area contributed by atoms with Crippen molar-refractivity contribution in [2.45, 2.75) is 12.1 Å². The highest BCUT2D eigenvalue weighted by atomic mass is 32.2. The highest BCUT2D eigenvalue weighted by molar-refractivity contribution is 7.99. The molecule has 0 aliphatic heterocycles. The second-order valence-electron chi connectivity index (χ2n) is 4.84. The summed E-state index contributed by atoms with van der Waals surface area (Å²) in [4.78, 5) is 12.0. The summed E-state index contributed by atoms with van der Waals surface area (Å²) < 4.78 is 1.76. The van der Waals surface area contributed by atoms with Crippen molar-refractivity contribution in [1.29, 1.82) is 0 Å². The summed E-state index contributed by atoms with van der Waals surface area (Å²) >= 11 is 2.67. The molecule has 9 heteroatoms. The van der Waals surface area contributed by atoms with E-state index in [1.54, 1.807) is 10.9 Å². The Labute approximate surface area is 141 Å². The predicted octanol–water partition coefficient (Wildman–Crippen LogP) is 2.37. The first kappa shape index (κ1) is 15.6. The highest BCUT2D eigenvalue weighted by Gasteiger charge is 2.11. The Bertz CT molecular complexity index is 828. The van der Waals surface area contributed by atoms with Gasteiger partial charge in [-0.05, 0) is 13.0 Å². The average Bonchev–Trinajstić information content (AvgIpc) is 3.14. The van der Waals surface area contributed by atoms with Gasteiger partial charge in [-0.2, -0.15) is 0 Å². The molecular weight excluding hydrogens is 332 g/mol. The monoisotopic (exact) mass is 346 g/mol. The molecule has 2 aromatic heterocycles.